The molecule has 1 aromatic heterocycles. The molecule has 29 heavy (non-hydrogen) atoms. The molecule has 0 unspecified atom stereocenters. The van der Waals surface area contributed by atoms with Gasteiger partial charge in [0.05, 0.1) is 18.2 Å². The summed E-state index contributed by atoms with van der Waals surface area (Å²) in [5, 5.41) is 4.21. The van der Waals surface area contributed by atoms with Gasteiger partial charge in [0.1, 0.15) is 5.00 Å². The Morgan fingerprint density at radius 1 is 1.21 bits per heavy atom. The average Bonchev–Trinajstić information content (AvgIpc) is 3.07. The lowest BCUT2D eigenvalue weighted by molar-refractivity contribution is -0.137. The van der Waals surface area contributed by atoms with Gasteiger partial charge >= 0.3 is 12.1 Å². The lowest BCUT2D eigenvalue weighted by Gasteiger charge is -2.37. The van der Waals surface area contributed by atoms with Gasteiger partial charge in [-0.1, -0.05) is 6.07 Å². The van der Waals surface area contributed by atoms with Crippen molar-refractivity contribution in [2.45, 2.75) is 13.1 Å². The molecule has 3 rings (SSSR count). The number of carbonyl (C=O) groups excluding carboxylic acids is 1. The predicted octanol–water partition coefficient (Wildman–Crippen LogP) is 4.38. The highest BCUT2D eigenvalue weighted by Gasteiger charge is 2.31. The van der Waals surface area contributed by atoms with Crippen molar-refractivity contribution < 1.29 is 22.7 Å². The van der Waals surface area contributed by atoms with Crippen LogP contribution in [0.25, 0.3) is 0 Å². The number of piperazine rings is 1. The molecule has 0 bridgehead atoms. The molecule has 0 radical (unpaired) electrons. The van der Waals surface area contributed by atoms with Crippen molar-refractivity contribution in [3.8, 4) is 0 Å². The lowest BCUT2D eigenvalue weighted by Crippen LogP contribution is -2.50. The second-order valence-corrected chi connectivity index (χ2v) is 8.19. The van der Waals surface area contributed by atoms with Crippen molar-refractivity contribution in [2.75, 3.05) is 43.5 Å². The van der Waals surface area contributed by atoms with E-state index in [1.807, 2.05) is 16.7 Å². The number of hydrogen-bond acceptors (Lipinski definition) is 5. The molecule has 0 spiro atoms. The van der Waals surface area contributed by atoms with E-state index >= 15 is 0 Å². The molecule has 0 atom stereocenters. The third kappa shape index (κ3) is 4.99. The molecule has 5 nitrogen and oxygen atoms in total. The van der Waals surface area contributed by atoms with Crippen LogP contribution in [0.2, 0.25) is 0 Å². The molecule has 1 aliphatic rings. The summed E-state index contributed by atoms with van der Waals surface area (Å²) in [5.41, 5.74) is 0.318. The minimum atomic E-state index is -4.36. The van der Waals surface area contributed by atoms with E-state index in [2.05, 4.69) is 5.32 Å². The van der Waals surface area contributed by atoms with Gasteiger partial charge < -0.3 is 19.9 Å². The molecule has 0 amide bonds. The monoisotopic (exact) mass is 443 g/mol. The number of nitrogens with one attached hydrogen (secondary N) is 1. The van der Waals surface area contributed by atoms with E-state index in [1.165, 1.54) is 30.6 Å². The first-order valence-corrected chi connectivity index (χ1v) is 10.1. The molecule has 1 saturated heterocycles. The highest BCUT2D eigenvalue weighted by molar-refractivity contribution is 7.80. The van der Waals surface area contributed by atoms with E-state index in [0.717, 1.165) is 10.9 Å². The number of carbonyl (C=O) groups is 1. The molecule has 0 aliphatic carbocycles. The number of anilines is 2. The maximum Gasteiger partial charge on any atom is 0.416 e. The molecule has 1 fully saturated rings. The van der Waals surface area contributed by atoms with Crippen LogP contribution in [-0.2, 0) is 10.9 Å². The maximum atomic E-state index is 12.9. The van der Waals surface area contributed by atoms with Gasteiger partial charge in [-0.05, 0) is 43.4 Å². The molecule has 156 valence electrons. The van der Waals surface area contributed by atoms with Crippen molar-refractivity contribution in [3.63, 3.8) is 0 Å². The molecular formula is C19H20F3N3O2S2. The maximum absolute atomic E-state index is 12.9. The first-order chi connectivity index (χ1) is 13.7. The molecule has 1 aliphatic heterocycles. The van der Waals surface area contributed by atoms with Crippen LogP contribution in [0.3, 0.4) is 0 Å². The summed E-state index contributed by atoms with van der Waals surface area (Å²) in [7, 11) is 1.32. The molecule has 10 heteroatoms. The van der Waals surface area contributed by atoms with Crippen molar-refractivity contribution in [1.82, 2.24) is 4.90 Å². The number of esters is 1. The summed E-state index contributed by atoms with van der Waals surface area (Å²) in [6.45, 7) is 4.08. The average molecular weight is 444 g/mol. The summed E-state index contributed by atoms with van der Waals surface area (Å²) in [4.78, 5) is 16.7. The molecule has 2 heterocycles. The van der Waals surface area contributed by atoms with Crippen molar-refractivity contribution in [1.29, 1.82) is 0 Å². The van der Waals surface area contributed by atoms with Crippen LogP contribution in [0.15, 0.2) is 30.3 Å². The van der Waals surface area contributed by atoms with Crippen LogP contribution in [0.1, 0.15) is 20.8 Å². The summed E-state index contributed by atoms with van der Waals surface area (Å²) in [5.74, 6) is -0.436. The molecule has 1 aromatic carbocycles. The topological polar surface area (TPSA) is 44.8 Å². The number of hydrogen-bond donors (Lipinski definition) is 1. The van der Waals surface area contributed by atoms with Crippen LogP contribution in [0.4, 0.5) is 23.9 Å². The summed E-state index contributed by atoms with van der Waals surface area (Å²) < 4.78 is 43.6. The fourth-order valence-corrected chi connectivity index (χ4v) is 4.34. The van der Waals surface area contributed by atoms with E-state index in [9.17, 15) is 18.0 Å². The number of rotatable bonds is 3. The van der Waals surface area contributed by atoms with Gasteiger partial charge in [-0.3, -0.25) is 0 Å². The van der Waals surface area contributed by atoms with Crippen molar-refractivity contribution >= 4 is 45.3 Å². The summed E-state index contributed by atoms with van der Waals surface area (Å²) in [6.07, 6.45) is -4.36. The number of methoxy groups -OCH3 is 1. The van der Waals surface area contributed by atoms with Gasteiger partial charge in [-0.15, -0.1) is 11.3 Å². The highest BCUT2D eigenvalue weighted by atomic mass is 32.1. The molecular weight excluding hydrogens is 423 g/mol. The van der Waals surface area contributed by atoms with Gasteiger partial charge in [0.2, 0.25) is 0 Å². The van der Waals surface area contributed by atoms with E-state index < -0.39 is 17.7 Å². The van der Waals surface area contributed by atoms with Crippen LogP contribution in [-0.4, -0.2) is 49.3 Å². The van der Waals surface area contributed by atoms with Gasteiger partial charge in [0.25, 0.3) is 0 Å². The van der Waals surface area contributed by atoms with Gasteiger partial charge in [-0.25, -0.2) is 4.79 Å². The first-order valence-electron chi connectivity index (χ1n) is 8.86. The van der Waals surface area contributed by atoms with Gasteiger partial charge in [0, 0.05) is 36.7 Å². The Balaban J connectivity index is 1.63. The van der Waals surface area contributed by atoms with Crippen LogP contribution in [0.5, 0.6) is 0 Å². The number of thiophene rings is 1. The number of thiocarbonyl (C=S) groups is 1. The van der Waals surface area contributed by atoms with E-state index in [1.54, 1.807) is 12.1 Å². The summed E-state index contributed by atoms with van der Waals surface area (Å²) >= 11 is 6.88. The van der Waals surface area contributed by atoms with Gasteiger partial charge in [-0.2, -0.15) is 13.2 Å². The SMILES string of the molecule is COC(=O)c1cc(C)sc1NC(=S)N1CCN(c2cccc(C(F)(F)F)c2)CC1. The Labute approximate surface area is 176 Å². The number of aryl methyl sites for hydroxylation is 1. The molecule has 0 saturated carbocycles. The first kappa shape index (κ1) is 21.4. The predicted molar refractivity (Wildman–Crippen MR) is 112 cm³/mol. The van der Waals surface area contributed by atoms with E-state index in [-0.39, 0.29) is 0 Å². The number of benzene rings is 1. The number of nitrogens with zero attached hydrogens (tertiary/aromatic N) is 2. The Bertz CT molecular complexity index is 906. The Hall–Kier alpha value is -2.33. The normalized spacial score (nSPS) is 14.7. The quantitative estimate of drug-likeness (QED) is 0.561. The minimum absolute atomic E-state index is 0.431. The van der Waals surface area contributed by atoms with Crippen molar-refractivity contribution in [3.05, 3.63) is 46.3 Å². The van der Waals surface area contributed by atoms with Gasteiger partial charge in [0.15, 0.2) is 5.11 Å². The third-order valence-corrected chi connectivity index (χ3v) is 5.91. The lowest BCUT2D eigenvalue weighted by atomic mass is 10.1. The minimum Gasteiger partial charge on any atom is -0.465 e. The zero-order valence-corrected chi connectivity index (χ0v) is 17.5. The Morgan fingerprint density at radius 2 is 1.90 bits per heavy atom. The standard InChI is InChI=1S/C19H20F3N3O2S2/c1-12-10-15(17(26)27-2)16(29-12)23-18(28)25-8-6-24(7-9-25)14-5-3-4-13(11-14)19(20,21)22/h3-5,10-11H,6-9H2,1-2H3,(H,23,28). The smallest absolute Gasteiger partial charge is 0.416 e. The second-order valence-electron chi connectivity index (χ2n) is 6.54. The second kappa shape index (κ2) is 8.58. The third-order valence-electron chi connectivity index (χ3n) is 4.59. The fraction of sp³-hybridized carbons (Fsp3) is 0.368. The van der Waals surface area contributed by atoms with E-state index in [4.69, 9.17) is 17.0 Å². The Morgan fingerprint density at radius 3 is 2.52 bits per heavy atom. The Kier molecular flexibility index (Phi) is 6.33. The van der Waals surface area contributed by atoms with Crippen LogP contribution < -0.4 is 10.2 Å². The summed E-state index contributed by atoms with van der Waals surface area (Å²) in [6, 6.07) is 7.08. The van der Waals surface area contributed by atoms with Crippen LogP contribution >= 0.6 is 23.6 Å². The van der Waals surface area contributed by atoms with Crippen molar-refractivity contribution in [2.24, 2.45) is 0 Å². The zero-order chi connectivity index (χ0) is 21.2. The van der Waals surface area contributed by atoms with E-state index in [0.29, 0.717) is 47.5 Å². The number of halogens is 3. The highest BCUT2D eigenvalue weighted by Crippen LogP contribution is 2.32. The number of ether oxygens (including phenoxy) is 1. The zero-order valence-electron chi connectivity index (χ0n) is 15.9. The fourth-order valence-electron chi connectivity index (χ4n) is 3.09. The number of alkyl halides is 3. The molecule has 1 N–H and O–H groups in total. The largest absolute Gasteiger partial charge is 0.465 e. The van der Waals surface area contributed by atoms with Crippen LogP contribution in [0, 0.1) is 6.92 Å². The molecule has 2 aromatic rings.